The van der Waals surface area contributed by atoms with Gasteiger partial charge < -0.3 is 15.7 Å². The van der Waals surface area contributed by atoms with Crippen LogP contribution in [-0.4, -0.2) is 28.0 Å². The summed E-state index contributed by atoms with van der Waals surface area (Å²) in [7, 11) is -1.01. The molecule has 0 radical (unpaired) electrons. The Balaban J connectivity index is 1.92. The fourth-order valence-electron chi connectivity index (χ4n) is 2.17. The second-order valence-corrected chi connectivity index (χ2v) is 7.05. The predicted octanol–water partition coefficient (Wildman–Crippen LogP) is 2.64. The third-order valence-electron chi connectivity index (χ3n) is 3.33. The largest absolute Gasteiger partial charge is 0.394 e. The lowest BCUT2D eigenvalue weighted by molar-refractivity contribution is 0.229. The summed E-state index contributed by atoms with van der Waals surface area (Å²) in [5, 5.41) is 14.3. The number of amides is 2. The fraction of sp³-hybridized carbons (Fsp3) is 0.278. The molecule has 0 saturated carbocycles. The monoisotopic (exact) mass is 346 g/mol. The van der Waals surface area contributed by atoms with Crippen LogP contribution in [0.25, 0.3) is 0 Å². The van der Waals surface area contributed by atoms with Crippen molar-refractivity contribution in [3.05, 3.63) is 65.7 Å². The molecular weight excluding hydrogens is 324 g/mol. The molecule has 0 fully saturated rings. The van der Waals surface area contributed by atoms with Gasteiger partial charge in [-0.15, -0.1) is 0 Å². The molecule has 5 nitrogen and oxygen atoms in total. The van der Waals surface area contributed by atoms with Crippen molar-refractivity contribution in [2.75, 3.05) is 11.9 Å². The average Bonchev–Trinajstić information content (AvgIpc) is 2.55. The summed E-state index contributed by atoms with van der Waals surface area (Å²) in [4.78, 5) is 11.8. The molecule has 0 aromatic heterocycles. The number of hydrogen-bond donors (Lipinski definition) is 3. The van der Waals surface area contributed by atoms with Crippen LogP contribution in [-0.2, 0) is 22.3 Å². The highest BCUT2D eigenvalue weighted by molar-refractivity contribution is 7.83. The smallest absolute Gasteiger partial charge is 0.319 e. The van der Waals surface area contributed by atoms with Gasteiger partial charge in [0.05, 0.1) is 12.6 Å². The lowest BCUT2D eigenvalue weighted by Gasteiger charge is -2.12. The molecule has 2 atom stereocenters. The van der Waals surface area contributed by atoms with E-state index in [9.17, 15) is 9.00 Å². The molecule has 0 spiro atoms. The maximum absolute atomic E-state index is 12.3. The number of benzene rings is 2. The highest BCUT2D eigenvalue weighted by Crippen LogP contribution is 2.14. The molecule has 0 aliphatic carbocycles. The van der Waals surface area contributed by atoms with Crippen LogP contribution in [0.15, 0.2) is 54.6 Å². The molecule has 3 N–H and O–H groups in total. The zero-order valence-corrected chi connectivity index (χ0v) is 14.4. The van der Waals surface area contributed by atoms with Gasteiger partial charge in [-0.05, 0) is 30.2 Å². The van der Waals surface area contributed by atoms with Crippen LogP contribution in [0.3, 0.4) is 0 Å². The van der Waals surface area contributed by atoms with Crippen molar-refractivity contribution in [2.24, 2.45) is 0 Å². The predicted molar refractivity (Wildman–Crippen MR) is 97.1 cm³/mol. The van der Waals surface area contributed by atoms with Crippen LogP contribution in [0.4, 0.5) is 10.5 Å². The van der Waals surface area contributed by atoms with Gasteiger partial charge in [-0.3, -0.25) is 4.21 Å². The molecule has 6 heteroatoms. The third kappa shape index (κ3) is 6.14. The maximum atomic E-state index is 12.3. The Hall–Kier alpha value is -2.18. The van der Waals surface area contributed by atoms with E-state index in [1.165, 1.54) is 0 Å². The maximum Gasteiger partial charge on any atom is 0.319 e. The summed E-state index contributed by atoms with van der Waals surface area (Å²) in [6.07, 6.45) is 0. The lowest BCUT2D eigenvalue weighted by atomic mass is 10.2. The molecular formula is C18H22N2O3S. The fourth-order valence-corrected chi connectivity index (χ4v) is 3.39. The van der Waals surface area contributed by atoms with Crippen LogP contribution >= 0.6 is 0 Å². The van der Waals surface area contributed by atoms with Gasteiger partial charge in [0.1, 0.15) is 0 Å². The Morgan fingerprint density at radius 2 is 1.75 bits per heavy atom. The number of aliphatic hydroxyl groups is 1. The minimum Gasteiger partial charge on any atom is -0.394 e. The van der Waals surface area contributed by atoms with Crippen LogP contribution in [0.2, 0.25) is 0 Å². The van der Waals surface area contributed by atoms with E-state index in [4.69, 9.17) is 5.11 Å². The minimum atomic E-state index is -1.01. The summed E-state index contributed by atoms with van der Waals surface area (Å²) in [5.41, 5.74) is 2.58. The molecule has 0 aliphatic heterocycles. The SMILES string of the molecule is C[C@@H](CO)NC(=O)Nc1cccc(C[S@@](=O)Cc2ccccc2)c1. The van der Waals surface area contributed by atoms with Gasteiger partial charge in [-0.2, -0.15) is 0 Å². The molecule has 2 aromatic carbocycles. The number of carbonyl (C=O) groups is 1. The zero-order chi connectivity index (χ0) is 17.4. The van der Waals surface area contributed by atoms with Crippen molar-refractivity contribution in [3.63, 3.8) is 0 Å². The Kier molecular flexibility index (Phi) is 6.96. The summed E-state index contributed by atoms with van der Waals surface area (Å²) in [5.74, 6) is 0.937. The van der Waals surface area contributed by atoms with Gasteiger partial charge in [0, 0.05) is 28.0 Å². The topological polar surface area (TPSA) is 78.4 Å². The first kappa shape index (κ1) is 18.2. The molecule has 2 amide bonds. The van der Waals surface area contributed by atoms with E-state index in [2.05, 4.69) is 10.6 Å². The summed E-state index contributed by atoms with van der Waals surface area (Å²) in [6, 6.07) is 16.3. The Morgan fingerprint density at radius 1 is 1.08 bits per heavy atom. The number of aliphatic hydroxyl groups excluding tert-OH is 1. The quantitative estimate of drug-likeness (QED) is 0.721. The lowest BCUT2D eigenvalue weighted by Crippen LogP contribution is -2.38. The van der Waals surface area contributed by atoms with Crippen LogP contribution in [0, 0.1) is 0 Å². The molecule has 0 heterocycles. The minimum absolute atomic E-state index is 0.119. The van der Waals surface area contributed by atoms with Crippen LogP contribution in [0.1, 0.15) is 18.1 Å². The Labute approximate surface area is 144 Å². The summed E-state index contributed by atoms with van der Waals surface area (Å²) in [6.45, 7) is 1.59. The van der Waals surface area contributed by atoms with E-state index in [1.807, 2.05) is 48.5 Å². The second kappa shape index (κ2) is 9.20. The standard InChI is InChI=1S/C18H22N2O3S/c1-14(11-21)19-18(22)20-17-9-5-8-16(10-17)13-24(23)12-15-6-3-2-4-7-15/h2-10,14,21H,11-13H2,1H3,(H2,19,20,22)/t14-,24-/m0/s1. The van der Waals surface area contributed by atoms with E-state index >= 15 is 0 Å². The van der Waals surface area contributed by atoms with Gasteiger partial charge in [-0.25, -0.2) is 4.79 Å². The highest BCUT2D eigenvalue weighted by atomic mass is 32.2. The van der Waals surface area contributed by atoms with E-state index in [0.717, 1.165) is 11.1 Å². The van der Waals surface area contributed by atoms with Crippen LogP contribution in [0.5, 0.6) is 0 Å². The molecule has 2 rings (SSSR count). The van der Waals surface area contributed by atoms with E-state index in [-0.39, 0.29) is 18.7 Å². The summed E-state index contributed by atoms with van der Waals surface area (Å²) >= 11 is 0. The average molecular weight is 346 g/mol. The molecule has 0 saturated heterocycles. The van der Waals surface area contributed by atoms with Gasteiger partial charge in [-0.1, -0.05) is 42.5 Å². The molecule has 0 bridgehead atoms. The zero-order valence-electron chi connectivity index (χ0n) is 13.6. The van der Waals surface area contributed by atoms with Crippen LogP contribution < -0.4 is 10.6 Å². The van der Waals surface area contributed by atoms with Crippen molar-refractivity contribution >= 4 is 22.5 Å². The van der Waals surface area contributed by atoms with Crippen molar-refractivity contribution in [1.82, 2.24) is 5.32 Å². The Morgan fingerprint density at radius 3 is 2.46 bits per heavy atom. The second-order valence-electron chi connectivity index (χ2n) is 5.60. The van der Waals surface area contributed by atoms with Gasteiger partial charge in [0.2, 0.25) is 0 Å². The summed E-state index contributed by atoms with van der Waals surface area (Å²) < 4.78 is 12.3. The number of rotatable bonds is 7. The third-order valence-corrected chi connectivity index (χ3v) is 4.64. The van der Waals surface area contributed by atoms with Crippen molar-refractivity contribution in [2.45, 2.75) is 24.5 Å². The van der Waals surface area contributed by atoms with E-state index in [0.29, 0.717) is 17.2 Å². The number of hydrogen-bond acceptors (Lipinski definition) is 3. The van der Waals surface area contributed by atoms with Gasteiger partial charge in [0.15, 0.2) is 0 Å². The number of nitrogens with one attached hydrogen (secondary N) is 2. The first-order valence-electron chi connectivity index (χ1n) is 7.73. The molecule has 2 aromatic rings. The number of carbonyl (C=O) groups excluding carboxylic acids is 1. The van der Waals surface area contributed by atoms with E-state index < -0.39 is 10.8 Å². The Bertz CT molecular complexity index is 692. The van der Waals surface area contributed by atoms with Crippen molar-refractivity contribution in [3.8, 4) is 0 Å². The molecule has 0 unspecified atom stereocenters. The number of anilines is 1. The van der Waals surface area contributed by atoms with Gasteiger partial charge in [0.25, 0.3) is 0 Å². The number of urea groups is 1. The van der Waals surface area contributed by atoms with Gasteiger partial charge >= 0.3 is 6.03 Å². The normalized spacial score (nSPS) is 13.1. The van der Waals surface area contributed by atoms with E-state index in [1.54, 1.807) is 13.0 Å². The van der Waals surface area contributed by atoms with Crippen molar-refractivity contribution in [1.29, 1.82) is 0 Å². The first-order valence-corrected chi connectivity index (χ1v) is 9.22. The first-order chi connectivity index (χ1) is 11.6. The highest BCUT2D eigenvalue weighted by Gasteiger charge is 2.08. The molecule has 128 valence electrons. The molecule has 0 aliphatic rings. The van der Waals surface area contributed by atoms with Crippen molar-refractivity contribution < 1.29 is 14.1 Å². The molecule has 24 heavy (non-hydrogen) atoms.